The number of likely N-dealkylation sites (N-methyl/N-ethyl adjacent to an activating group) is 1. The second-order valence-corrected chi connectivity index (χ2v) is 7.70. The van der Waals surface area contributed by atoms with Crippen molar-refractivity contribution in [2.24, 2.45) is 0 Å². The van der Waals surface area contributed by atoms with Crippen LogP contribution in [0.2, 0.25) is 0 Å². The average molecular weight is 391 g/mol. The first-order chi connectivity index (χ1) is 11.1. The van der Waals surface area contributed by atoms with E-state index in [0.717, 1.165) is 35.5 Å². The van der Waals surface area contributed by atoms with E-state index in [2.05, 4.69) is 52.1 Å². The van der Waals surface area contributed by atoms with E-state index in [1.165, 1.54) is 10.4 Å². The van der Waals surface area contributed by atoms with Crippen LogP contribution in [0.3, 0.4) is 0 Å². The molecule has 3 nitrogen and oxygen atoms in total. The third-order valence-electron chi connectivity index (χ3n) is 3.96. The molecule has 2 aromatic rings. The summed E-state index contributed by atoms with van der Waals surface area (Å²) in [5, 5.41) is 0. The summed E-state index contributed by atoms with van der Waals surface area (Å²) in [6, 6.07) is 12.4. The Bertz CT molecular complexity index is 700. The Morgan fingerprint density at radius 3 is 2.48 bits per heavy atom. The molecule has 0 radical (unpaired) electrons. The summed E-state index contributed by atoms with van der Waals surface area (Å²) in [5.41, 5.74) is 1.20. The van der Waals surface area contributed by atoms with Gasteiger partial charge in [-0.3, -0.25) is 4.79 Å². The molecule has 0 bridgehead atoms. The Labute approximate surface area is 149 Å². The maximum Gasteiger partial charge on any atom is 0.246 e. The van der Waals surface area contributed by atoms with Gasteiger partial charge in [0.1, 0.15) is 0 Å². The molecule has 1 saturated heterocycles. The standard InChI is InChI=1S/C18H19BrN2OS/c1-20-10-12-21(13-11-20)18(22)9-7-16-6-8-17(23-16)14-2-4-15(19)5-3-14/h2-9H,10-13H2,1H3/b9-7+. The molecule has 23 heavy (non-hydrogen) atoms. The first kappa shape index (κ1) is 16.4. The van der Waals surface area contributed by atoms with Crippen LogP contribution in [0.15, 0.2) is 46.9 Å². The van der Waals surface area contributed by atoms with E-state index in [1.807, 2.05) is 23.1 Å². The number of carbonyl (C=O) groups is 1. The molecule has 0 N–H and O–H groups in total. The summed E-state index contributed by atoms with van der Waals surface area (Å²) in [6.45, 7) is 3.53. The number of piperazine rings is 1. The van der Waals surface area contributed by atoms with Crippen molar-refractivity contribution in [1.29, 1.82) is 0 Å². The highest BCUT2D eigenvalue weighted by Crippen LogP contribution is 2.29. The van der Waals surface area contributed by atoms with E-state index < -0.39 is 0 Å². The minimum atomic E-state index is 0.108. The molecule has 0 aliphatic carbocycles. The number of thiophene rings is 1. The van der Waals surface area contributed by atoms with E-state index in [-0.39, 0.29) is 5.91 Å². The number of benzene rings is 1. The zero-order chi connectivity index (χ0) is 16.2. The molecule has 0 atom stereocenters. The number of halogens is 1. The van der Waals surface area contributed by atoms with Gasteiger partial charge < -0.3 is 9.80 Å². The first-order valence-electron chi connectivity index (χ1n) is 7.63. The van der Waals surface area contributed by atoms with Crippen LogP contribution < -0.4 is 0 Å². The summed E-state index contributed by atoms with van der Waals surface area (Å²) < 4.78 is 1.08. The SMILES string of the molecule is CN1CCN(C(=O)/C=C/c2ccc(-c3ccc(Br)cc3)s2)CC1. The van der Waals surface area contributed by atoms with Crippen molar-refractivity contribution in [2.45, 2.75) is 0 Å². The molecule has 3 rings (SSSR count). The van der Waals surface area contributed by atoms with Crippen LogP contribution in [-0.2, 0) is 4.79 Å². The largest absolute Gasteiger partial charge is 0.337 e. The Hall–Kier alpha value is -1.43. The van der Waals surface area contributed by atoms with E-state index >= 15 is 0 Å². The maximum absolute atomic E-state index is 12.2. The van der Waals surface area contributed by atoms with Gasteiger partial charge in [0.2, 0.25) is 5.91 Å². The van der Waals surface area contributed by atoms with Gasteiger partial charge in [-0.25, -0.2) is 0 Å². The predicted molar refractivity (Wildman–Crippen MR) is 101 cm³/mol. The third kappa shape index (κ3) is 4.31. The van der Waals surface area contributed by atoms with Crippen molar-refractivity contribution in [3.63, 3.8) is 0 Å². The lowest BCUT2D eigenvalue weighted by Gasteiger charge is -2.31. The van der Waals surface area contributed by atoms with Crippen molar-refractivity contribution in [1.82, 2.24) is 9.80 Å². The summed E-state index contributed by atoms with van der Waals surface area (Å²) >= 11 is 5.15. The summed E-state index contributed by atoms with van der Waals surface area (Å²) in [7, 11) is 2.09. The first-order valence-corrected chi connectivity index (χ1v) is 9.24. The molecular formula is C18H19BrN2OS. The van der Waals surface area contributed by atoms with Crippen molar-refractivity contribution in [3.05, 3.63) is 51.8 Å². The molecule has 1 aromatic carbocycles. The lowest BCUT2D eigenvalue weighted by molar-refractivity contribution is -0.127. The fourth-order valence-corrected chi connectivity index (χ4v) is 3.68. The van der Waals surface area contributed by atoms with Gasteiger partial charge >= 0.3 is 0 Å². The molecule has 5 heteroatoms. The molecular weight excluding hydrogens is 372 g/mol. The predicted octanol–water partition coefficient (Wildman–Crippen LogP) is 3.96. The van der Waals surface area contributed by atoms with Crippen molar-refractivity contribution >= 4 is 39.2 Å². The fraction of sp³-hybridized carbons (Fsp3) is 0.278. The summed E-state index contributed by atoms with van der Waals surface area (Å²) in [4.78, 5) is 18.7. The quantitative estimate of drug-likeness (QED) is 0.740. The van der Waals surface area contributed by atoms with Gasteiger partial charge in [-0.1, -0.05) is 28.1 Å². The molecule has 1 aliphatic heterocycles. The number of nitrogens with zero attached hydrogens (tertiary/aromatic N) is 2. The van der Waals surface area contributed by atoms with Gasteiger partial charge in [0.25, 0.3) is 0 Å². The topological polar surface area (TPSA) is 23.6 Å². The number of hydrogen-bond acceptors (Lipinski definition) is 3. The summed E-state index contributed by atoms with van der Waals surface area (Å²) in [5.74, 6) is 0.108. The molecule has 0 unspecified atom stereocenters. The molecule has 1 fully saturated rings. The fourth-order valence-electron chi connectivity index (χ4n) is 2.50. The highest BCUT2D eigenvalue weighted by atomic mass is 79.9. The number of hydrogen-bond donors (Lipinski definition) is 0. The van der Waals surface area contributed by atoms with Crippen LogP contribution in [0.4, 0.5) is 0 Å². The van der Waals surface area contributed by atoms with E-state index in [1.54, 1.807) is 17.4 Å². The normalized spacial score (nSPS) is 16.2. The van der Waals surface area contributed by atoms with Crippen LogP contribution in [-0.4, -0.2) is 48.9 Å². The monoisotopic (exact) mass is 390 g/mol. The van der Waals surface area contributed by atoms with E-state index in [4.69, 9.17) is 0 Å². The molecule has 1 aromatic heterocycles. The van der Waals surface area contributed by atoms with E-state index in [9.17, 15) is 4.79 Å². The van der Waals surface area contributed by atoms with Gasteiger partial charge in [0.05, 0.1) is 0 Å². The lowest BCUT2D eigenvalue weighted by atomic mass is 10.2. The van der Waals surface area contributed by atoms with Crippen LogP contribution in [0, 0.1) is 0 Å². The van der Waals surface area contributed by atoms with Gasteiger partial charge in [-0.05, 0) is 43.0 Å². The highest BCUT2D eigenvalue weighted by molar-refractivity contribution is 9.10. The molecule has 2 heterocycles. The van der Waals surface area contributed by atoms with Crippen LogP contribution >= 0.6 is 27.3 Å². The second-order valence-electron chi connectivity index (χ2n) is 5.67. The van der Waals surface area contributed by atoms with Crippen molar-refractivity contribution < 1.29 is 4.79 Å². The van der Waals surface area contributed by atoms with Gasteiger partial charge in [0, 0.05) is 46.5 Å². The van der Waals surface area contributed by atoms with Crippen molar-refractivity contribution in [2.75, 3.05) is 33.2 Å². The Morgan fingerprint density at radius 2 is 1.78 bits per heavy atom. The Kier molecular flexibility index (Phi) is 5.30. The van der Waals surface area contributed by atoms with Crippen molar-refractivity contribution in [3.8, 4) is 10.4 Å². The van der Waals surface area contributed by atoms with Gasteiger partial charge in [0.15, 0.2) is 0 Å². The second kappa shape index (κ2) is 7.43. The number of amides is 1. The lowest BCUT2D eigenvalue weighted by Crippen LogP contribution is -2.46. The molecule has 1 amide bonds. The average Bonchev–Trinajstić information content (AvgIpc) is 3.03. The van der Waals surface area contributed by atoms with Crippen LogP contribution in [0.25, 0.3) is 16.5 Å². The molecule has 0 spiro atoms. The minimum Gasteiger partial charge on any atom is -0.337 e. The van der Waals surface area contributed by atoms with Gasteiger partial charge in [-0.2, -0.15) is 0 Å². The highest BCUT2D eigenvalue weighted by Gasteiger charge is 2.16. The number of rotatable bonds is 3. The Morgan fingerprint density at radius 1 is 1.09 bits per heavy atom. The number of carbonyl (C=O) groups excluding carboxylic acids is 1. The molecule has 120 valence electrons. The minimum absolute atomic E-state index is 0.108. The van der Waals surface area contributed by atoms with Crippen LogP contribution in [0.5, 0.6) is 0 Å². The third-order valence-corrected chi connectivity index (χ3v) is 5.59. The maximum atomic E-state index is 12.2. The van der Waals surface area contributed by atoms with E-state index in [0.29, 0.717) is 0 Å². The smallest absolute Gasteiger partial charge is 0.246 e. The molecule has 0 saturated carbocycles. The van der Waals surface area contributed by atoms with Crippen LogP contribution in [0.1, 0.15) is 4.88 Å². The molecule has 1 aliphatic rings. The summed E-state index contributed by atoms with van der Waals surface area (Å²) in [6.07, 6.45) is 3.62. The Balaban J connectivity index is 1.64. The zero-order valence-corrected chi connectivity index (χ0v) is 15.4. The zero-order valence-electron chi connectivity index (χ0n) is 13.0. The van der Waals surface area contributed by atoms with Gasteiger partial charge in [-0.15, -0.1) is 11.3 Å².